The standard InChI is InChI=1S/C17H18FN3/c18-14-3-2-13-7-8-21(16(13)9-14)17-6-1-12(11-20-17)10-19-15-4-5-15/h1-3,6,9,11,15,19H,4-5,7-8,10H2. The van der Waals surface area contributed by atoms with E-state index in [4.69, 9.17) is 0 Å². The highest BCUT2D eigenvalue weighted by molar-refractivity contribution is 5.67. The molecule has 0 atom stereocenters. The first kappa shape index (κ1) is 12.8. The number of nitrogens with one attached hydrogen (secondary N) is 1. The quantitative estimate of drug-likeness (QED) is 0.934. The van der Waals surface area contributed by atoms with Crippen molar-refractivity contribution in [1.29, 1.82) is 0 Å². The van der Waals surface area contributed by atoms with E-state index in [-0.39, 0.29) is 5.82 Å². The fraction of sp³-hybridized carbons (Fsp3) is 0.353. The lowest BCUT2D eigenvalue weighted by atomic mass is 10.2. The number of anilines is 2. The van der Waals surface area contributed by atoms with Crippen LogP contribution in [0.5, 0.6) is 0 Å². The summed E-state index contributed by atoms with van der Waals surface area (Å²) in [6, 6.07) is 9.85. The summed E-state index contributed by atoms with van der Waals surface area (Å²) in [5.74, 6) is 0.709. The van der Waals surface area contributed by atoms with E-state index in [1.54, 1.807) is 6.07 Å². The highest BCUT2D eigenvalue weighted by Gasteiger charge is 2.22. The lowest BCUT2D eigenvalue weighted by Crippen LogP contribution is -2.17. The van der Waals surface area contributed by atoms with Gasteiger partial charge in [0, 0.05) is 31.0 Å². The van der Waals surface area contributed by atoms with Gasteiger partial charge in [0.15, 0.2) is 0 Å². The summed E-state index contributed by atoms with van der Waals surface area (Å²) in [5.41, 5.74) is 3.34. The zero-order chi connectivity index (χ0) is 14.2. The number of nitrogens with zero attached hydrogens (tertiary/aromatic N) is 2. The Morgan fingerprint density at radius 2 is 2.14 bits per heavy atom. The minimum atomic E-state index is -0.189. The summed E-state index contributed by atoms with van der Waals surface area (Å²) >= 11 is 0. The number of hydrogen-bond donors (Lipinski definition) is 1. The molecule has 0 spiro atoms. The molecule has 108 valence electrons. The molecule has 1 aromatic carbocycles. The highest BCUT2D eigenvalue weighted by atomic mass is 19.1. The smallest absolute Gasteiger partial charge is 0.132 e. The predicted octanol–water partition coefficient (Wildman–Crippen LogP) is 3.17. The van der Waals surface area contributed by atoms with E-state index < -0.39 is 0 Å². The molecule has 1 N–H and O–H groups in total. The molecule has 4 rings (SSSR count). The molecule has 3 nitrogen and oxygen atoms in total. The Hall–Kier alpha value is -1.94. The van der Waals surface area contributed by atoms with Gasteiger partial charge < -0.3 is 10.2 Å². The van der Waals surface area contributed by atoms with E-state index in [2.05, 4.69) is 21.3 Å². The minimum Gasteiger partial charge on any atom is -0.326 e. The summed E-state index contributed by atoms with van der Waals surface area (Å²) < 4.78 is 13.4. The molecule has 0 saturated heterocycles. The average molecular weight is 283 g/mol. The van der Waals surface area contributed by atoms with Gasteiger partial charge in [-0.3, -0.25) is 0 Å². The average Bonchev–Trinajstić information content (AvgIpc) is 3.25. The van der Waals surface area contributed by atoms with Gasteiger partial charge in [-0.05, 0) is 48.6 Å². The van der Waals surface area contributed by atoms with Crippen molar-refractivity contribution in [3.05, 3.63) is 53.5 Å². The fourth-order valence-electron chi connectivity index (χ4n) is 2.82. The van der Waals surface area contributed by atoms with Gasteiger partial charge in [-0.1, -0.05) is 12.1 Å². The van der Waals surface area contributed by atoms with Crippen LogP contribution >= 0.6 is 0 Å². The summed E-state index contributed by atoms with van der Waals surface area (Å²) in [4.78, 5) is 6.64. The molecule has 1 aromatic heterocycles. The van der Waals surface area contributed by atoms with Crippen LogP contribution in [0.25, 0.3) is 0 Å². The molecule has 0 amide bonds. The third-order valence-corrected chi connectivity index (χ3v) is 4.20. The van der Waals surface area contributed by atoms with E-state index in [1.807, 2.05) is 18.3 Å². The largest absolute Gasteiger partial charge is 0.326 e. The number of fused-ring (bicyclic) bond motifs is 1. The maximum atomic E-state index is 13.4. The normalized spacial score (nSPS) is 17.1. The zero-order valence-corrected chi connectivity index (χ0v) is 11.8. The fourth-order valence-corrected chi connectivity index (χ4v) is 2.82. The first-order valence-electron chi connectivity index (χ1n) is 7.54. The molecule has 4 heteroatoms. The number of aromatic nitrogens is 1. The Morgan fingerprint density at radius 1 is 1.24 bits per heavy atom. The van der Waals surface area contributed by atoms with Crippen molar-refractivity contribution in [3.8, 4) is 0 Å². The number of rotatable bonds is 4. The van der Waals surface area contributed by atoms with Crippen LogP contribution in [0, 0.1) is 5.82 Å². The second-order valence-corrected chi connectivity index (χ2v) is 5.85. The van der Waals surface area contributed by atoms with Gasteiger partial charge in [0.2, 0.25) is 0 Å². The molecular weight excluding hydrogens is 265 g/mol. The van der Waals surface area contributed by atoms with Gasteiger partial charge >= 0.3 is 0 Å². The second kappa shape index (κ2) is 5.11. The van der Waals surface area contributed by atoms with Crippen molar-refractivity contribution >= 4 is 11.5 Å². The van der Waals surface area contributed by atoms with Gasteiger partial charge in [0.1, 0.15) is 11.6 Å². The van der Waals surface area contributed by atoms with Crippen molar-refractivity contribution in [3.63, 3.8) is 0 Å². The Kier molecular flexibility index (Phi) is 3.11. The second-order valence-electron chi connectivity index (χ2n) is 5.85. The number of benzene rings is 1. The lowest BCUT2D eigenvalue weighted by molar-refractivity contribution is 0.628. The van der Waals surface area contributed by atoms with E-state index in [0.717, 1.165) is 31.0 Å². The number of pyridine rings is 1. The third-order valence-electron chi connectivity index (χ3n) is 4.20. The summed E-state index contributed by atoms with van der Waals surface area (Å²) in [6.45, 7) is 1.74. The van der Waals surface area contributed by atoms with E-state index >= 15 is 0 Å². The molecule has 21 heavy (non-hydrogen) atoms. The predicted molar refractivity (Wildman–Crippen MR) is 81.2 cm³/mol. The molecule has 1 fully saturated rings. The lowest BCUT2D eigenvalue weighted by Gasteiger charge is -2.18. The van der Waals surface area contributed by atoms with Gasteiger partial charge in [-0.2, -0.15) is 0 Å². The molecule has 0 bridgehead atoms. The van der Waals surface area contributed by atoms with Crippen LogP contribution in [0.1, 0.15) is 24.0 Å². The molecular formula is C17H18FN3. The van der Waals surface area contributed by atoms with Crippen molar-refractivity contribution < 1.29 is 4.39 Å². The Labute approximate surface area is 123 Å². The maximum absolute atomic E-state index is 13.4. The monoisotopic (exact) mass is 283 g/mol. The molecule has 1 saturated carbocycles. The molecule has 0 unspecified atom stereocenters. The van der Waals surface area contributed by atoms with Crippen molar-refractivity contribution in [2.24, 2.45) is 0 Å². The van der Waals surface area contributed by atoms with Crippen LogP contribution in [0.15, 0.2) is 36.5 Å². The minimum absolute atomic E-state index is 0.189. The molecule has 0 radical (unpaired) electrons. The highest BCUT2D eigenvalue weighted by Crippen LogP contribution is 2.33. The van der Waals surface area contributed by atoms with Crippen molar-refractivity contribution in [2.45, 2.75) is 31.8 Å². The summed E-state index contributed by atoms with van der Waals surface area (Å²) in [6.07, 6.45) is 5.45. The van der Waals surface area contributed by atoms with Gasteiger partial charge in [-0.25, -0.2) is 9.37 Å². The van der Waals surface area contributed by atoms with Crippen LogP contribution in [-0.2, 0) is 13.0 Å². The van der Waals surface area contributed by atoms with Crippen LogP contribution in [0.2, 0.25) is 0 Å². The Balaban J connectivity index is 1.53. The molecule has 1 aliphatic heterocycles. The first-order valence-corrected chi connectivity index (χ1v) is 7.54. The summed E-state index contributed by atoms with van der Waals surface area (Å²) in [7, 11) is 0. The van der Waals surface area contributed by atoms with Crippen LogP contribution in [-0.4, -0.2) is 17.6 Å². The number of halogens is 1. The molecule has 1 aliphatic carbocycles. The van der Waals surface area contributed by atoms with Gasteiger partial charge in [0.05, 0.1) is 0 Å². The van der Waals surface area contributed by atoms with Gasteiger partial charge in [0.25, 0.3) is 0 Å². The van der Waals surface area contributed by atoms with Crippen LogP contribution < -0.4 is 10.2 Å². The molecule has 2 aliphatic rings. The van der Waals surface area contributed by atoms with Gasteiger partial charge in [-0.15, -0.1) is 0 Å². The molecule has 2 aromatic rings. The number of hydrogen-bond acceptors (Lipinski definition) is 3. The van der Waals surface area contributed by atoms with Crippen molar-refractivity contribution in [2.75, 3.05) is 11.4 Å². The molecule has 2 heterocycles. The van der Waals surface area contributed by atoms with Crippen molar-refractivity contribution in [1.82, 2.24) is 10.3 Å². The SMILES string of the molecule is Fc1ccc2c(c1)N(c1ccc(CNC3CC3)cn1)CC2. The summed E-state index contributed by atoms with van der Waals surface area (Å²) in [5, 5.41) is 3.48. The third kappa shape index (κ3) is 2.63. The zero-order valence-electron chi connectivity index (χ0n) is 11.8. The van der Waals surface area contributed by atoms with E-state index in [9.17, 15) is 4.39 Å². The topological polar surface area (TPSA) is 28.2 Å². The van der Waals surface area contributed by atoms with E-state index in [0.29, 0.717) is 6.04 Å². The van der Waals surface area contributed by atoms with Crippen LogP contribution in [0.4, 0.5) is 15.9 Å². The maximum Gasteiger partial charge on any atom is 0.132 e. The first-order chi connectivity index (χ1) is 10.3. The Morgan fingerprint density at radius 3 is 2.90 bits per heavy atom. The van der Waals surface area contributed by atoms with E-state index in [1.165, 1.54) is 30.0 Å². The van der Waals surface area contributed by atoms with Crippen LogP contribution in [0.3, 0.4) is 0 Å². The Bertz CT molecular complexity index is 650.